The third-order valence-electron chi connectivity index (χ3n) is 8.46. The number of aromatic nitrogens is 2. The fourth-order valence-electron chi connectivity index (χ4n) is 5.72. The Kier molecular flexibility index (Phi) is 13.2. The van der Waals surface area contributed by atoms with Crippen LogP contribution in [0, 0.1) is 0 Å². The molecule has 11 heteroatoms. The molecule has 0 radical (unpaired) electrons. The molecule has 254 valence electrons. The first kappa shape index (κ1) is 35.3. The number of carbonyl (C=O) groups excluding carboxylic acids is 2. The van der Waals surface area contributed by atoms with Crippen LogP contribution in [0.4, 0.5) is 0 Å². The average molecular weight is 673 g/mol. The first-order valence-corrected chi connectivity index (χ1v) is 17.4. The first-order valence-electron chi connectivity index (χ1n) is 16.4. The maximum absolute atomic E-state index is 12.5. The Bertz CT molecular complexity index is 1610. The van der Waals surface area contributed by atoms with E-state index in [0.29, 0.717) is 25.8 Å². The Labute approximate surface area is 285 Å². The summed E-state index contributed by atoms with van der Waals surface area (Å²) in [5, 5.41) is 22.1. The van der Waals surface area contributed by atoms with Gasteiger partial charge in [0.05, 0.1) is 18.8 Å². The van der Waals surface area contributed by atoms with Gasteiger partial charge < -0.3 is 24.5 Å². The number of hydroxylamine groups is 1. The molecule has 3 atom stereocenters. The zero-order valence-corrected chi connectivity index (χ0v) is 28.0. The number of aryl methyl sites for hydroxylation is 1. The topological polar surface area (TPSA) is 135 Å². The van der Waals surface area contributed by atoms with Gasteiger partial charge >= 0.3 is 0 Å². The lowest BCUT2D eigenvalue weighted by atomic mass is 9.97. The van der Waals surface area contributed by atoms with Crippen molar-refractivity contribution in [2.24, 2.45) is 7.05 Å². The lowest BCUT2D eigenvalue weighted by Gasteiger charge is -2.36. The Morgan fingerprint density at radius 2 is 1.62 bits per heavy atom. The summed E-state index contributed by atoms with van der Waals surface area (Å²) in [6, 6.07) is 24.2. The van der Waals surface area contributed by atoms with Gasteiger partial charge in [-0.2, -0.15) is 0 Å². The second kappa shape index (κ2) is 18.0. The summed E-state index contributed by atoms with van der Waals surface area (Å²) in [6.45, 7) is 0.424. The van der Waals surface area contributed by atoms with Crippen LogP contribution in [0.5, 0.6) is 0 Å². The molecule has 0 saturated carbocycles. The van der Waals surface area contributed by atoms with Crippen LogP contribution in [-0.4, -0.2) is 43.5 Å². The normalized spacial score (nSPS) is 17.6. The molecule has 0 bridgehead atoms. The van der Waals surface area contributed by atoms with Gasteiger partial charge in [-0.25, -0.2) is 10.5 Å². The monoisotopic (exact) mass is 672 g/mol. The van der Waals surface area contributed by atoms with E-state index in [1.165, 1.54) is 0 Å². The molecule has 1 aliphatic rings. The number of hydrogen-bond donors (Lipinski definition) is 4. The number of amides is 2. The molecule has 0 unspecified atom stereocenters. The summed E-state index contributed by atoms with van der Waals surface area (Å²) in [7, 11) is 1.98. The van der Waals surface area contributed by atoms with Crippen molar-refractivity contribution in [3.8, 4) is 11.1 Å². The van der Waals surface area contributed by atoms with Crippen molar-refractivity contribution in [2.45, 2.75) is 81.8 Å². The van der Waals surface area contributed by atoms with Crippen LogP contribution >= 0.6 is 11.8 Å². The molecule has 4 N–H and O–H groups in total. The minimum atomic E-state index is -0.552. The third-order valence-corrected chi connectivity index (χ3v) is 9.65. The standard InChI is InChI=1S/C37H44N4O6S/c1-41-21-20-38-37(41)48-25-31-22-33(28-14-12-26(24-42)13-15-28)47-36(46-31)29-18-16-27(17-19-29)32-9-7-6-8-30(32)23-39-34(43)10-4-2-3-5-11-35(44)40-45/h6-9,12-21,31,33,36,42,45H,2-5,10-11,22-25H2,1H3,(H,39,43)(H,40,44)/t31-,33+,36+/m1/s1. The fourth-order valence-corrected chi connectivity index (χ4v) is 6.67. The van der Waals surface area contributed by atoms with E-state index < -0.39 is 6.29 Å². The second-order valence-electron chi connectivity index (χ2n) is 12.0. The van der Waals surface area contributed by atoms with Crippen molar-refractivity contribution >= 4 is 23.6 Å². The van der Waals surface area contributed by atoms with E-state index >= 15 is 0 Å². The van der Waals surface area contributed by atoms with E-state index in [0.717, 1.165) is 63.6 Å². The summed E-state index contributed by atoms with van der Waals surface area (Å²) in [5.41, 5.74) is 7.57. The van der Waals surface area contributed by atoms with Crippen molar-refractivity contribution in [3.63, 3.8) is 0 Å². The summed E-state index contributed by atoms with van der Waals surface area (Å²) in [4.78, 5) is 28.1. The fraction of sp³-hybridized carbons (Fsp3) is 0.378. The average Bonchev–Trinajstić information content (AvgIpc) is 3.55. The highest BCUT2D eigenvalue weighted by Crippen LogP contribution is 2.40. The highest BCUT2D eigenvalue weighted by Gasteiger charge is 2.32. The van der Waals surface area contributed by atoms with Crippen LogP contribution in [0.3, 0.4) is 0 Å². The highest BCUT2D eigenvalue weighted by atomic mass is 32.2. The second-order valence-corrected chi connectivity index (χ2v) is 13.0. The van der Waals surface area contributed by atoms with E-state index in [1.54, 1.807) is 23.4 Å². The number of hydrogen-bond acceptors (Lipinski definition) is 8. The maximum Gasteiger partial charge on any atom is 0.243 e. The summed E-state index contributed by atoms with van der Waals surface area (Å²) >= 11 is 1.66. The van der Waals surface area contributed by atoms with E-state index in [9.17, 15) is 14.7 Å². The van der Waals surface area contributed by atoms with Gasteiger partial charge in [0, 0.05) is 56.6 Å². The molecule has 2 amide bonds. The predicted molar refractivity (Wildman–Crippen MR) is 184 cm³/mol. The predicted octanol–water partition coefficient (Wildman–Crippen LogP) is 6.38. The number of nitrogens with one attached hydrogen (secondary N) is 2. The van der Waals surface area contributed by atoms with E-state index in [-0.39, 0.29) is 37.0 Å². The molecule has 0 spiro atoms. The largest absolute Gasteiger partial charge is 0.392 e. The molecule has 0 aliphatic carbocycles. The number of aliphatic hydroxyl groups excluding tert-OH is 1. The van der Waals surface area contributed by atoms with Crippen LogP contribution in [0.2, 0.25) is 0 Å². The van der Waals surface area contributed by atoms with Crippen LogP contribution in [0.15, 0.2) is 90.3 Å². The molecule has 1 aliphatic heterocycles. The molecule has 48 heavy (non-hydrogen) atoms. The van der Waals surface area contributed by atoms with Gasteiger partial charge in [-0.3, -0.25) is 14.8 Å². The molecule has 1 aromatic heterocycles. The third kappa shape index (κ3) is 10.0. The van der Waals surface area contributed by atoms with Gasteiger partial charge in [0.25, 0.3) is 0 Å². The minimum absolute atomic E-state index is 0.00116. The van der Waals surface area contributed by atoms with E-state index in [1.807, 2.05) is 72.4 Å². The van der Waals surface area contributed by atoms with E-state index in [2.05, 4.69) is 28.5 Å². The van der Waals surface area contributed by atoms with Gasteiger partial charge in [0.15, 0.2) is 11.4 Å². The summed E-state index contributed by atoms with van der Waals surface area (Å²) < 4.78 is 15.1. The molecule has 3 aromatic carbocycles. The lowest BCUT2D eigenvalue weighted by molar-refractivity contribution is -0.245. The van der Waals surface area contributed by atoms with Crippen molar-refractivity contribution in [3.05, 3.63) is 107 Å². The molecule has 2 heterocycles. The van der Waals surface area contributed by atoms with Gasteiger partial charge in [0.2, 0.25) is 11.8 Å². The number of rotatable bonds is 16. The molecule has 1 fully saturated rings. The number of ether oxygens (including phenoxy) is 2. The molecule has 10 nitrogen and oxygen atoms in total. The van der Waals surface area contributed by atoms with Crippen LogP contribution < -0.4 is 10.8 Å². The summed E-state index contributed by atoms with van der Waals surface area (Å²) in [6.07, 6.45) is 7.48. The Balaban J connectivity index is 1.21. The molecular weight excluding hydrogens is 628 g/mol. The number of benzene rings is 3. The van der Waals surface area contributed by atoms with Crippen molar-refractivity contribution in [1.82, 2.24) is 20.3 Å². The van der Waals surface area contributed by atoms with Crippen LogP contribution in [-0.2, 0) is 39.3 Å². The molecule has 1 saturated heterocycles. The number of unbranched alkanes of at least 4 members (excludes halogenated alkanes) is 3. The Hall–Kier alpha value is -4.00. The van der Waals surface area contributed by atoms with Gasteiger partial charge in [0.1, 0.15) is 0 Å². The lowest BCUT2D eigenvalue weighted by Crippen LogP contribution is -2.31. The molecular formula is C37H44N4O6S. The van der Waals surface area contributed by atoms with Crippen LogP contribution in [0.1, 0.15) is 79.6 Å². The van der Waals surface area contributed by atoms with Gasteiger partial charge in [-0.05, 0) is 40.7 Å². The Morgan fingerprint density at radius 1 is 0.917 bits per heavy atom. The maximum atomic E-state index is 12.5. The highest BCUT2D eigenvalue weighted by molar-refractivity contribution is 7.99. The number of carbonyl (C=O) groups is 2. The SMILES string of the molecule is Cn1ccnc1SC[C@H]1C[C@@H](c2ccc(CO)cc2)O[C@@H](c2ccc(-c3ccccc3CNC(=O)CCCCCCC(=O)NO)cc2)O1. The molecule has 5 rings (SSSR count). The number of aliphatic hydroxyl groups is 1. The summed E-state index contributed by atoms with van der Waals surface area (Å²) in [5.74, 6) is 0.347. The molecule has 4 aromatic rings. The number of thioether (sulfide) groups is 1. The van der Waals surface area contributed by atoms with Crippen molar-refractivity contribution in [1.29, 1.82) is 0 Å². The zero-order chi connectivity index (χ0) is 33.7. The first-order chi connectivity index (χ1) is 23.4. The minimum Gasteiger partial charge on any atom is -0.392 e. The van der Waals surface area contributed by atoms with Gasteiger partial charge in [-0.1, -0.05) is 97.4 Å². The van der Waals surface area contributed by atoms with Crippen LogP contribution in [0.25, 0.3) is 11.1 Å². The zero-order valence-electron chi connectivity index (χ0n) is 27.2. The Morgan fingerprint density at radius 3 is 2.31 bits per heavy atom. The quantitative estimate of drug-likeness (QED) is 0.0466. The number of imidazole rings is 1. The van der Waals surface area contributed by atoms with Crippen molar-refractivity contribution < 1.29 is 29.4 Å². The van der Waals surface area contributed by atoms with Crippen molar-refractivity contribution in [2.75, 3.05) is 5.75 Å². The number of nitrogens with zero attached hydrogens (tertiary/aromatic N) is 2. The smallest absolute Gasteiger partial charge is 0.243 e. The van der Waals surface area contributed by atoms with Gasteiger partial charge in [-0.15, -0.1) is 0 Å². The van der Waals surface area contributed by atoms with E-state index in [4.69, 9.17) is 14.7 Å².